The topological polar surface area (TPSA) is 12.0 Å². The molecule has 0 aliphatic heterocycles. The van der Waals surface area contributed by atoms with Crippen molar-refractivity contribution in [3.63, 3.8) is 0 Å². The van der Waals surface area contributed by atoms with Gasteiger partial charge in [-0.05, 0) is 38.3 Å². The van der Waals surface area contributed by atoms with Crippen LogP contribution in [0.3, 0.4) is 0 Å². The Morgan fingerprint density at radius 3 is 2.47 bits per heavy atom. The lowest BCUT2D eigenvalue weighted by atomic mass is 10.1. The molecule has 15 heavy (non-hydrogen) atoms. The van der Waals surface area contributed by atoms with Gasteiger partial charge in [-0.25, -0.2) is 4.39 Å². The van der Waals surface area contributed by atoms with Crippen LogP contribution in [0.4, 0.5) is 4.39 Å². The first-order valence-corrected chi connectivity index (χ1v) is 5.63. The van der Waals surface area contributed by atoms with Crippen LogP contribution in [-0.2, 0) is 6.42 Å². The highest BCUT2D eigenvalue weighted by Crippen LogP contribution is 2.09. The van der Waals surface area contributed by atoms with Gasteiger partial charge in [0.05, 0.1) is 0 Å². The fraction of sp³-hybridized carbons (Fsp3) is 0.538. The van der Waals surface area contributed by atoms with E-state index in [0.717, 1.165) is 18.4 Å². The predicted molar refractivity (Wildman–Crippen MR) is 62.5 cm³/mol. The van der Waals surface area contributed by atoms with Gasteiger partial charge in [-0.1, -0.05) is 25.1 Å². The average Bonchev–Trinajstić information content (AvgIpc) is 2.21. The van der Waals surface area contributed by atoms with Gasteiger partial charge in [0.15, 0.2) is 0 Å². The number of nitrogens with one attached hydrogen (secondary N) is 1. The Morgan fingerprint density at radius 2 is 1.87 bits per heavy atom. The Bertz CT molecular complexity index is 298. The maximum Gasteiger partial charge on any atom is 0.126 e. The van der Waals surface area contributed by atoms with Crippen molar-refractivity contribution in [3.05, 3.63) is 35.6 Å². The molecule has 84 valence electrons. The zero-order chi connectivity index (χ0) is 11.3. The summed E-state index contributed by atoms with van der Waals surface area (Å²) < 4.78 is 13.3. The van der Waals surface area contributed by atoms with Crippen LogP contribution in [-0.4, -0.2) is 12.1 Å². The molecule has 0 spiro atoms. The highest BCUT2D eigenvalue weighted by molar-refractivity contribution is 5.18. The van der Waals surface area contributed by atoms with Gasteiger partial charge < -0.3 is 5.32 Å². The lowest BCUT2D eigenvalue weighted by molar-refractivity contribution is 0.450. The maximum absolute atomic E-state index is 13.3. The van der Waals surface area contributed by atoms with Crippen molar-refractivity contribution in [2.24, 2.45) is 0 Å². The van der Waals surface area contributed by atoms with E-state index in [2.05, 4.69) is 26.1 Å². The van der Waals surface area contributed by atoms with Crippen molar-refractivity contribution >= 4 is 0 Å². The third-order valence-corrected chi connectivity index (χ3v) is 2.67. The molecule has 2 unspecified atom stereocenters. The molecule has 0 aliphatic rings. The molecule has 0 heterocycles. The smallest absolute Gasteiger partial charge is 0.126 e. The molecule has 1 aromatic carbocycles. The summed E-state index contributed by atoms with van der Waals surface area (Å²) in [7, 11) is 0. The van der Waals surface area contributed by atoms with Gasteiger partial charge in [0, 0.05) is 12.1 Å². The Morgan fingerprint density at radius 1 is 1.20 bits per heavy atom. The van der Waals surface area contributed by atoms with Crippen LogP contribution in [0.25, 0.3) is 0 Å². The maximum atomic E-state index is 13.3. The summed E-state index contributed by atoms with van der Waals surface area (Å²) in [5, 5.41) is 3.44. The lowest BCUT2D eigenvalue weighted by Crippen LogP contribution is -2.35. The number of halogens is 1. The minimum absolute atomic E-state index is 0.102. The Balaban J connectivity index is 2.51. The molecule has 1 aromatic rings. The summed E-state index contributed by atoms with van der Waals surface area (Å²) >= 11 is 0. The first-order valence-electron chi connectivity index (χ1n) is 5.63. The molecule has 0 bridgehead atoms. The second-order valence-corrected chi connectivity index (χ2v) is 4.17. The molecule has 0 saturated heterocycles. The summed E-state index contributed by atoms with van der Waals surface area (Å²) in [4.78, 5) is 0. The van der Waals surface area contributed by atoms with E-state index in [-0.39, 0.29) is 5.82 Å². The van der Waals surface area contributed by atoms with Gasteiger partial charge in [0.2, 0.25) is 0 Å². The van der Waals surface area contributed by atoms with Crippen LogP contribution in [0.2, 0.25) is 0 Å². The fourth-order valence-electron chi connectivity index (χ4n) is 1.66. The molecule has 0 radical (unpaired) electrons. The van der Waals surface area contributed by atoms with Crippen molar-refractivity contribution in [1.29, 1.82) is 0 Å². The van der Waals surface area contributed by atoms with Crippen LogP contribution in [0.1, 0.15) is 32.8 Å². The third-order valence-electron chi connectivity index (χ3n) is 2.67. The SMILES string of the molecule is CCC(C)NC(C)Cc1ccccc1F. The van der Waals surface area contributed by atoms with E-state index in [1.165, 1.54) is 6.07 Å². The van der Waals surface area contributed by atoms with Gasteiger partial charge >= 0.3 is 0 Å². The molecule has 0 aromatic heterocycles. The second kappa shape index (κ2) is 5.86. The molecule has 1 rings (SSSR count). The predicted octanol–water partition coefficient (Wildman–Crippen LogP) is 3.14. The molecule has 1 N–H and O–H groups in total. The van der Waals surface area contributed by atoms with E-state index < -0.39 is 0 Å². The van der Waals surface area contributed by atoms with Gasteiger partial charge in [0.25, 0.3) is 0 Å². The molecule has 0 amide bonds. The molecular formula is C13H20FN. The Kier molecular flexibility index (Phi) is 4.76. The van der Waals surface area contributed by atoms with E-state index >= 15 is 0 Å². The van der Waals surface area contributed by atoms with Crippen molar-refractivity contribution in [2.45, 2.75) is 45.7 Å². The normalized spacial score (nSPS) is 14.9. The van der Waals surface area contributed by atoms with Crippen LogP contribution >= 0.6 is 0 Å². The van der Waals surface area contributed by atoms with Crippen LogP contribution in [0.15, 0.2) is 24.3 Å². The highest BCUT2D eigenvalue weighted by atomic mass is 19.1. The molecule has 2 heteroatoms. The summed E-state index contributed by atoms with van der Waals surface area (Å²) in [5.74, 6) is -0.102. The van der Waals surface area contributed by atoms with Crippen molar-refractivity contribution < 1.29 is 4.39 Å². The minimum Gasteiger partial charge on any atom is -0.311 e. The van der Waals surface area contributed by atoms with E-state index in [4.69, 9.17) is 0 Å². The summed E-state index contributed by atoms with van der Waals surface area (Å²) in [5.41, 5.74) is 0.792. The first kappa shape index (κ1) is 12.2. The standard InChI is InChI=1S/C13H20FN/c1-4-10(2)15-11(3)9-12-7-5-6-8-13(12)14/h5-8,10-11,15H,4,9H2,1-3H3. The number of rotatable bonds is 5. The van der Waals surface area contributed by atoms with Crippen LogP contribution in [0, 0.1) is 5.82 Å². The zero-order valence-corrected chi connectivity index (χ0v) is 9.76. The number of benzene rings is 1. The summed E-state index contributed by atoms with van der Waals surface area (Å²) in [6.07, 6.45) is 1.85. The molecule has 0 aliphatic carbocycles. The third kappa shape index (κ3) is 4.00. The number of hydrogen-bond acceptors (Lipinski definition) is 1. The van der Waals surface area contributed by atoms with Crippen LogP contribution < -0.4 is 5.32 Å². The Hall–Kier alpha value is -0.890. The second-order valence-electron chi connectivity index (χ2n) is 4.17. The monoisotopic (exact) mass is 209 g/mol. The van der Waals surface area contributed by atoms with E-state index in [0.29, 0.717) is 12.1 Å². The summed E-state index contributed by atoms with van der Waals surface area (Å²) in [6, 6.07) is 7.79. The van der Waals surface area contributed by atoms with Crippen LogP contribution in [0.5, 0.6) is 0 Å². The van der Waals surface area contributed by atoms with Gasteiger partial charge in [0.1, 0.15) is 5.82 Å². The average molecular weight is 209 g/mol. The number of hydrogen-bond donors (Lipinski definition) is 1. The Labute approximate surface area is 91.7 Å². The van der Waals surface area contributed by atoms with Crippen molar-refractivity contribution in [2.75, 3.05) is 0 Å². The first-order chi connectivity index (χ1) is 7.13. The van der Waals surface area contributed by atoms with Crippen molar-refractivity contribution in [1.82, 2.24) is 5.32 Å². The molecule has 1 nitrogen and oxygen atoms in total. The van der Waals surface area contributed by atoms with Crippen molar-refractivity contribution in [3.8, 4) is 0 Å². The van der Waals surface area contributed by atoms with Gasteiger partial charge in [-0.15, -0.1) is 0 Å². The molecule has 0 saturated carbocycles. The molecular weight excluding hydrogens is 189 g/mol. The minimum atomic E-state index is -0.102. The molecule has 2 atom stereocenters. The quantitative estimate of drug-likeness (QED) is 0.785. The fourth-order valence-corrected chi connectivity index (χ4v) is 1.66. The zero-order valence-electron chi connectivity index (χ0n) is 9.76. The summed E-state index contributed by atoms with van der Waals surface area (Å²) in [6.45, 7) is 6.39. The van der Waals surface area contributed by atoms with E-state index in [1.807, 2.05) is 12.1 Å². The lowest BCUT2D eigenvalue weighted by Gasteiger charge is -2.19. The molecule has 0 fully saturated rings. The highest BCUT2D eigenvalue weighted by Gasteiger charge is 2.08. The van der Waals surface area contributed by atoms with E-state index in [9.17, 15) is 4.39 Å². The van der Waals surface area contributed by atoms with Gasteiger partial charge in [-0.2, -0.15) is 0 Å². The largest absolute Gasteiger partial charge is 0.311 e. The van der Waals surface area contributed by atoms with E-state index in [1.54, 1.807) is 6.07 Å². The van der Waals surface area contributed by atoms with Gasteiger partial charge in [-0.3, -0.25) is 0 Å².